The number of nitrogens with two attached hydrogens (primary N) is 1. The molecule has 4 rings (SSSR count). The lowest BCUT2D eigenvalue weighted by Crippen LogP contribution is -2.23. The third-order valence-electron chi connectivity index (χ3n) is 5.10. The standard InChI is InChI=1S/C23H26N6/c1-23(2)11-14-29(16-23)21-10-6-9-20(28-21)27-19(22-25-12-13-26-22)15-18(24)17-7-4-3-5-8-17/h3-10,12-13,15H,11,14,16,24H2,1-2H3,(H,25,26)/b18-15-,27-19?. The lowest BCUT2D eigenvalue weighted by atomic mass is 9.93. The number of nitrogens with zero attached hydrogens (tertiary/aromatic N) is 4. The van der Waals surface area contributed by atoms with Gasteiger partial charge in [-0.2, -0.15) is 0 Å². The van der Waals surface area contributed by atoms with Crippen molar-refractivity contribution in [3.05, 3.63) is 78.4 Å². The number of hydrogen-bond acceptors (Lipinski definition) is 5. The van der Waals surface area contributed by atoms with Crippen molar-refractivity contribution < 1.29 is 0 Å². The Labute approximate surface area is 171 Å². The molecule has 29 heavy (non-hydrogen) atoms. The van der Waals surface area contributed by atoms with Crippen LogP contribution in [0.3, 0.4) is 0 Å². The Morgan fingerprint density at radius 1 is 1.17 bits per heavy atom. The highest BCUT2D eigenvalue weighted by Gasteiger charge is 2.29. The number of aliphatic imine (C=N–C) groups is 1. The van der Waals surface area contributed by atoms with Gasteiger partial charge in [0.15, 0.2) is 11.6 Å². The number of anilines is 1. The molecular formula is C23H26N6. The van der Waals surface area contributed by atoms with Gasteiger partial charge in [0.05, 0.1) is 0 Å². The monoisotopic (exact) mass is 386 g/mol. The summed E-state index contributed by atoms with van der Waals surface area (Å²) in [6, 6.07) is 15.8. The van der Waals surface area contributed by atoms with Gasteiger partial charge in [-0.05, 0) is 35.6 Å². The van der Waals surface area contributed by atoms with Crippen molar-refractivity contribution >= 4 is 23.0 Å². The highest BCUT2D eigenvalue weighted by molar-refractivity contribution is 6.10. The summed E-state index contributed by atoms with van der Waals surface area (Å²) < 4.78 is 0. The molecule has 2 aromatic heterocycles. The Balaban J connectivity index is 1.68. The molecule has 3 heterocycles. The van der Waals surface area contributed by atoms with E-state index in [2.05, 4.69) is 28.7 Å². The van der Waals surface area contributed by atoms with Gasteiger partial charge in [0.1, 0.15) is 11.5 Å². The zero-order chi connectivity index (χ0) is 20.3. The number of aromatic nitrogens is 3. The predicted molar refractivity (Wildman–Crippen MR) is 118 cm³/mol. The number of hydrogen-bond donors (Lipinski definition) is 2. The first-order chi connectivity index (χ1) is 14.0. The quantitative estimate of drug-likeness (QED) is 0.645. The maximum atomic E-state index is 6.32. The van der Waals surface area contributed by atoms with Crippen LogP contribution in [0, 0.1) is 5.41 Å². The van der Waals surface area contributed by atoms with Crippen LogP contribution in [0.15, 0.2) is 72.0 Å². The highest BCUT2D eigenvalue weighted by Crippen LogP contribution is 2.32. The van der Waals surface area contributed by atoms with Crippen LogP contribution < -0.4 is 10.6 Å². The lowest BCUT2D eigenvalue weighted by Gasteiger charge is -2.20. The Hall–Kier alpha value is -3.41. The summed E-state index contributed by atoms with van der Waals surface area (Å²) in [5.41, 5.74) is 8.84. The number of aromatic amines is 1. The molecule has 3 aromatic rings. The van der Waals surface area contributed by atoms with Crippen LogP contribution in [0.5, 0.6) is 0 Å². The van der Waals surface area contributed by atoms with Gasteiger partial charge < -0.3 is 15.6 Å². The predicted octanol–water partition coefficient (Wildman–Crippen LogP) is 4.16. The third-order valence-corrected chi connectivity index (χ3v) is 5.10. The summed E-state index contributed by atoms with van der Waals surface area (Å²) >= 11 is 0. The molecule has 6 heteroatoms. The third kappa shape index (κ3) is 4.54. The lowest BCUT2D eigenvalue weighted by molar-refractivity contribution is 0.418. The molecule has 0 unspecified atom stereocenters. The number of allylic oxidation sites excluding steroid dienone is 1. The van der Waals surface area contributed by atoms with Crippen molar-refractivity contribution in [3.63, 3.8) is 0 Å². The van der Waals surface area contributed by atoms with Crippen LogP contribution in [0.25, 0.3) is 5.70 Å². The maximum Gasteiger partial charge on any atom is 0.156 e. The summed E-state index contributed by atoms with van der Waals surface area (Å²) in [6.07, 6.45) is 6.47. The summed E-state index contributed by atoms with van der Waals surface area (Å²) in [6.45, 7) is 6.60. The molecule has 148 valence electrons. The number of H-pyrrole nitrogens is 1. The fourth-order valence-electron chi connectivity index (χ4n) is 3.50. The zero-order valence-corrected chi connectivity index (χ0v) is 16.8. The molecule has 0 amide bonds. The topological polar surface area (TPSA) is 83.2 Å². The first-order valence-electron chi connectivity index (χ1n) is 9.83. The number of rotatable bonds is 5. The molecule has 6 nitrogen and oxygen atoms in total. The largest absolute Gasteiger partial charge is 0.398 e. The number of benzene rings is 1. The van der Waals surface area contributed by atoms with E-state index in [1.807, 2.05) is 54.6 Å². The Kier molecular flexibility index (Phi) is 5.16. The molecular weight excluding hydrogens is 360 g/mol. The molecule has 0 aliphatic carbocycles. The van der Waals surface area contributed by atoms with Crippen molar-refractivity contribution in [2.75, 3.05) is 18.0 Å². The van der Waals surface area contributed by atoms with E-state index in [9.17, 15) is 0 Å². The van der Waals surface area contributed by atoms with E-state index >= 15 is 0 Å². The van der Waals surface area contributed by atoms with Crippen molar-refractivity contribution in [2.24, 2.45) is 16.1 Å². The molecule has 0 bridgehead atoms. The molecule has 1 fully saturated rings. The first kappa shape index (κ1) is 18.9. The average molecular weight is 387 g/mol. The minimum absolute atomic E-state index is 0.313. The first-order valence-corrected chi connectivity index (χ1v) is 9.83. The van der Waals surface area contributed by atoms with E-state index < -0.39 is 0 Å². The van der Waals surface area contributed by atoms with Crippen LogP contribution in [0.1, 0.15) is 31.7 Å². The van der Waals surface area contributed by atoms with Gasteiger partial charge in [-0.1, -0.05) is 50.2 Å². The van der Waals surface area contributed by atoms with E-state index in [1.165, 1.54) is 0 Å². The fourth-order valence-corrected chi connectivity index (χ4v) is 3.50. The fraction of sp³-hybridized carbons (Fsp3) is 0.261. The molecule has 1 saturated heterocycles. The number of pyridine rings is 1. The Morgan fingerprint density at radius 3 is 2.69 bits per heavy atom. The van der Waals surface area contributed by atoms with E-state index in [1.54, 1.807) is 12.4 Å². The van der Waals surface area contributed by atoms with Crippen molar-refractivity contribution in [2.45, 2.75) is 20.3 Å². The van der Waals surface area contributed by atoms with E-state index in [0.29, 0.717) is 28.5 Å². The van der Waals surface area contributed by atoms with Crippen molar-refractivity contribution in [1.82, 2.24) is 15.0 Å². The van der Waals surface area contributed by atoms with Crippen LogP contribution in [0.2, 0.25) is 0 Å². The number of imidazole rings is 1. The molecule has 0 atom stereocenters. The second-order valence-corrected chi connectivity index (χ2v) is 8.09. The average Bonchev–Trinajstić information content (AvgIpc) is 3.38. The van der Waals surface area contributed by atoms with E-state index in [-0.39, 0.29) is 0 Å². The van der Waals surface area contributed by atoms with Gasteiger partial charge >= 0.3 is 0 Å². The molecule has 0 radical (unpaired) electrons. The van der Waals surface area contributed by atoms with E-state index in [0.717, 1.165) is 30.9 Å². The number of nitrogens with one attached hydrogen (secondary N) is 1. The van der Waals surface area contributed by atoms with Gasteiger partial charge in [0.25, 0.3) is 0 Å². The Morgan fingerprint density at radius 2 is 2.00 bits per heavy atom. The molecule has 0 spiro atoms. The van der Waals surface area contributed by atoms with Crippen LogP contribution in [0.4, 0.5) is 11.6 Å². The van der Waals surface area contributed by atoms with Crippen molar-refractivity contribution in [3.8, 4) is 0 Å². The highest BCUT2D eigenvalue weighted by atomic mass is 15.2. The van der Waals surface area contributed by atoms with Crippen LogP contribution >= 0.6 is 0 Å². The smallest absolute Gasteiger partial charge is 0.156 e. The summed E-state index contributed by atoms with van der Waals surface area (Å²) in [5.74, 6) is 2.24. The summed E-state index contributed by atoms with van der Waals surface area (Å²) in [5, 5.41) is 0. The summed E-state index contributed by atoms with van der Waals surface area (Å²) in [7, 11) is 0. The van der Waals surface area contributed by atoms with E-state index in [4.69, 9.17) is 15.7 Å². The molecule has 3 N–H and O–H groups in total. The summed E-state index contributed by atoms with van der Waals surface area (Å²) in [4.78, 5) is 19.3. The van der Waals surface area contributed by atoms with Crippen molar-refractivity contribution in [1.29, 1.82) is 0 Å². The molecule has 1 aliphatic heterocycles. The van der Waals surface area contributed by atoms with Gasteiger partial charge in [0.2, 0.25) is 0 Å². The zero-order valence-electron chi connectivity index (χ0n) is 16.8. The second kappa shape index (κ2) is 7.91. The molecule has 1 aromatic carbocycles. The molecule has 0 saturated carbocycles. The Bertz CT molecular complexity index is 1020. The van der Waals surface area contributed by atoms with Gasteiger partial charge in [-0.25, -0.2) is 15.0 Å². The minimum atomic E-state index is 0.313. The minimum Gasteiger partial charge on any atom is -0.398 e. The van der Waals surface area contributed by atoms with Crippen LogP contribution in [-0.2, 0) is 0 Å². The van der Waals surface area contributed by atoms with Crippen LogP contribution in [-0.4, -0.2) is 33.8 Å². The van der Waals surface area contributed by atoms with Gasteiger partial charge in [-0.3, -0.25) is 0 Å². The second-order valence-electron chi connectivity index (χ2n) is 8.09. The van der Waals surface area contributed by atoms with Gasteiger partial charge in [0, 0.05) is 31.2 Å². The van der Waals surface area contributed by atoms with Gasteiger partial charge in [-0.15, -0.1) is 0 Å². The molecule has 1 aliphatic rings. The SMILES string of the molecule is CC1(C)CCN(c2cccc(N=C(/C=C(\N)c3ccccc3)c3ncc[nH]3)n2)C1. The maximum absolute atomic E-state index is 6.32. The normalized spacial score (nSPS) is 17.0.